The average Bonchev–Trinajstić information content (AvgIpc) is 2.68. The molecule has 0 radical (unpaired) electrons. The van der Waals surface area contributed by atoms with Crippen molar-refractivity contribution in [1.82, 2.24) is 14.7 Å². The monoisotopic (exact) mass is 352 g/mol. The summed E-state index contributed by atoms with van der Waals surface area (Å²) in [7, 11) is 2.19. The zero-order valence-corrected chi connectivity index (χ0v) is 15.6. The quantitative estimate of drug-likeness (QED) is 0.848. The number of likely N-dealkylation sites (tertiary alicyclic amines) is 1. The van der Waals surface area contributed by atoms with E-state index in [4.69, 9.17) is 0 Å². The lowest BCUT2D eigenvalue weighted by Gasteiger charge is -2.32. The van der Waals surface area contributed by atoms with Gasteiger partial charge in [-0.25, -0.2) is 4.68 Å². The Hall–Kier alpha value is -2.14. The third kappa shape index (κ3) is 3.68. The summed E-state index contributed by atoms with van der Waals surface area (Å²) in [6.07, 6.45) is 7.70. The molecule has 1 aromatic heterocycles. The highest BCUT2D eigenvalue weighted by molar-refractivity contribution is 5.47. The molecule has 26 heavy (non-hydrogen) atoms. The fraction of sp³-hybridized carbons (Fsp3) is 0.524. The summed E-state index contributed by atoms with van der Waals surface area (Å²) >= 11 is 0. The maximum absolute atomic E-state index is 12.5. The molecule has 0 unspecified atom stereocenters. The van der Waals surface area contributed by atoms with Crippen LogP contribution in [0.25, 0.3) is 0 Å². The second-order valence-electron chi connectivity index (χ2n) is 7.63. The summed E-state index contributed by atoms with van der Waals surface area (Å²) in [6.45, 7) is 3.67. The molecule has 138 valence electrons. The van der Waals surface area contributed by atoms with E-state index in [0.29, 0.717) is 12.6 Å². The highest BCUT2D eigenvalue weighted by atomic mass is 16.1. The lowest BCUT2D eigenvalue weighted by atomic mass is 10.00. The minimum absolute atomic E-state index is 0.0137. The Balaban J connectivity index is 1.42. The molecule has 0 spiro atoms. The molecular weight excluding hydrogens is 324 g/mol. The van der Waals surface area contributed by atoms with Gasteiger partial charge in [-0.05, 0) is 50.4 Å². The Morgan fingerprint density at radius 2 is 2.00 bits per heavy atom. The third-order valence-electron chi connectivity index (χ3n) is 5.95. The number of anilines is 1. The fourth-order valence-electron chi connectivity index (χ4n) is 4.26. The van der Waals surface area contributed by atoms with Gasteiger partial charge in [-0.1, -0.05) is 30.7 Å². The van der Waals surface area contributed by atoms with Crippen LogP contribution in [-0.4, -0.2) is 40.9 Å². The predicted octanol–water partition coefficient (Wildman–Crippen LogP) is 2.68. The van der Waals surface area contributed by atoms with Gasteiger partial charge in [-0.3, -0.25) is 4.79 Å². The first kappa shape index (κ1) is 17.3. The van der Waals surface area contributed by atoms with Crippen LogP contribution in [0.2, 0.25) is 0 Å². The van der Waals surface area contributed by atoms with Crippen LogP contribution in [0.5, 0.6) is 0 Å². The van der Waals surface area contributed by atoms with Crippen LogP contribution >= 0.6 is 0 Å². The number of aryl methyl sites for hydroxylation is 1. The number of rotatable bonds is 4. The van der Waals surface area contributed by atoms with Crippen molar-refractivity contribution in [3.63, 3.8) is 0 Å². The Kier molecular flexibility index (Phi) is 5.07. The van der Waals surface area contributed by atoms with Gasteiger partial charge >= 0.3 is 0 Å². The van der Waals surface area contributed by atoms with Gasteiger partial charge in [-0.15, -0.1) is 0 Å². The molecule has 0 saturated carbocycles. The van der Waals surface area contributed by atoms with Crippen molar-refractivity contribution in [2.45, 2.75) is 51.2 Å². The molecule has 0 bridgehead atoms. The molecule has 1 fully saturated rings. The fourth-order valence-corrected chi connectivity index (χ4v) is 4.26. The van der Waals surface area contributed by atoms with Crippen molar-refractivity contribution in [1.29, 1.82) is 0 Å². The summed E-state index contributed by atoms with van der Waals surface area (Å²) in [5.74, 6) is 0. The summed E-state index contributed by atoms with van der Waals surface area (Å²) in [6, 6.07) is 10.9. The average molecular weight is 352 g/mol. The van der Waals surface area contributed by atoms with Crippen LogP contribution in [0.4, 0.5) is 5.69 Å². The van der Waals surface area contributed by atoms with Crippen LogP contribution in [0.3, 0.4) is 0 Å². The van der Waals surface area contributed by atoms with Crippen molar-refractivity contribution < 1.29 is 0 Å². The Bertz CT molecular complexity index is 816. The molecule has 4 rings (SSSR count). The first-order chi connectivity index (χ1) is 12.7. The predicted molar refractivity (Wildman–Crippen MR) is 105 cm³/mol. The standard InChI is InChI=1S/C21H28N4O/c1-23-11-5-4-8-19(23)10-13-25-21(26)14-20(15-22-25)24-12-9-17-6-2-3-7-18(17)16-24/h2-3,6-7,14-15,19H,4-5,8-13,16H2,1H3/t19-/m1/s1. The van der Waals surface area contributed by atoms with E-state index in [9.17, 15) is 4.79 Å². The zero-order valence-electron chi connectivity index (χ0n) is 15.6. The molecule has 5 heteroatoms. The van der Waals surface area contributed by atoms with Crippen molar-refractivity contribution in [3.8, 4) is 0 Å². The van der Waals surface area contributed by atoms with E-state index in [1.54, 1.807) is 10.7 Å². The largest absolute Gasteiger partial charge is 0.365 e. The number of hydrogen-bond acceptors (Lipinski definition) is 4. The first-order valence-corrected chi connectivity index (χ1v) is 9.80. The van der Waals surface area contributed by atoms with Crippen molar-refractivity contribution in [3.05, 3.63) is 58.0 Å². The molecule has 1 saturated heterocycles. The van der Waals surface area contributed by atoms with Crippen molar-refractivity contribution in [2.75, 3.05) is 25.0 Å². The number of piperidine rings is 1. The summed E-state index contributed by atoms with van der Waals surface area (Å²) < 4.78 is 1.63. The molecule has 0 amide bonds. The van der Waals surface area contributed by atoms with E-state index in [-0.39, 0.29) is 5.56 Å². The van der Waals surface area contributed by atoms with Gasteiger partial charge in [0.1, 0.15) is 0 Å². The topological polar surface area (TPSA) is 41.4 Å². The van der Waals surface area contributed by atoms with Crippen LogP contribution < -0.4 is 10.5 Å². The van der Waals surface area contributed by atoms with Gasteiger partial charge in [0.05, 0.1) is 11.9 Å². The normalized spacial score (nSPS) is 20.8. The molecule has 0 aliphatic carbocycles. The first-order valence-electron chi connectivity index (χ1n) is 9.80. The smallest absolute Gasteiger partial charge is 0.268 e. The summed E-state index contributed by atoms with van der Waals surface area (Å²) in [4.78, 5) is 17.2. The Labute approximate surface area is 155 Å². The van der Waals surface area contributed by atoms with E-state index < -0.39 is 0 Å². The van der Waals surface area contributed by atoms with Gasteiger partial charge in [-0.2, -0.15) is 5.10 Å². The lowest BCUT2D eigenvalue weighted by molar-refractivity contribution is 0.169. The van der Waals surface area contributed by atoms with E-state index in [0.717, 1.165) is 31.6 Å². The second-order valence-corrected chi connectivity index (χ2v) is 7.63. The van der Waals surface area contributed by atoms with Crippen LogP contribution in [-0.2, 0) is 19.5 Å². The second kappa shape index (κ2) is 7.62. The van der Waals surface area contributed by atoms with Gasteiger partial charge in [0.25, 0.3) is 5.56 Å². The number of nitrogens with zero attached hydrogens (tertiary/aromatic N) is 4. The van der Waals surface area contributed by atoms with Crippen molar-refractivity contribution >= 4 is 5.69 Å². The molecule has 0 N–H and O–H groups in total. The number of hydrogen-bond donors (Lipinski definition) is 0. The molecule has 2 aliphatic heterocycles. The number of fused-ring (bicyclic) bond motifs is 1. The maximum Gasteiger partial charge on any atom is 0.268 e. The Morgan fingerprint density at radius 3 is 2.81 bits per heavy atom. The van der Waals surface area contributed by atoms with Gasteiger partial charge in [0.2, 0.25) is 0 Å². The van der Waals surface area contributed by atoms with E-state index in [2.05, 4.69) is 46.2 Å². The van der Waals surface area contributed by atoms with Gasteiger partial charge in [0.15, 0.2) is 0 Å². The van der Waals surface area contributed by atoms with Gasteiger partial charge in [0, 0.05) is 31.7 Å². The van der Waals surface area contributed by atoms with E-state index in [1.807, 2.05) is 6.20 Å². The van der Waals surface area contributed by atoms with Crippen molar-refractivity contribution in [2.24, 2.45) is 0 Å². The highest BCUT2D eigenvalue weighted by Crippen LogP contribution is 2.23. The maximum atomic E-state index is 12.5. The molecule has 2 aromatic rings. The molecule has 1 aromatic carbocycles. The minimum Gasteiger partial charge on any atom is -0.365 e. The zero-order chi connectivity index (χ0) is 17.9. The van der Waals surface area contributed by atoms with Crippen LogP contribution in [0.15, 0.2) is 41.3 Å². The highest BCUT2D eigenvalue weighted by Gasteiger charge is 2.20. The van der Waals surface area contributed by atoms with Crippen LogP contribution in [0, 0.1) is 0 Å². The Morgan fingerprint density at radius 1 is 1.15 bits per heavy atom. The molecular formula is C21H28N4O. The summed E-state index contributed by atoms with van der Waals surface area (Å²) in [5, 5.41) is 4.46. The van der Waals surface area contributed by atoms with Crippen LogP contribution in [0.1, 0.15) is 36.8 Å². The molecule has 5 nitrogen and oxygen atoms in total. The van der Waals surface area contributed by atoms with E-state index in [1.165, 1.54) is 36.9 Å². The molecule has 1 atom stereocenters. The molecule has 3 heterocycles. The minimum atomic E-state index is 0.0137. The SMILES string of the molecule is CN1CCCC[C@@H]1CCn1ncc(N2CCc3ccccc3C2)cc1=O. The third-order valence-corrected chi connectivity index (χ3v) is 5.95. The number of benzene rings is 1. The van der Waals surface area contributed by atoms with Gasteiger partial charge < -0.3 is 9.80 Å². The lowest BCUT2D eigenvalue weighted by Crippen LogP contribution is -2.38. The summed E-state index contributed by atoms with van der Waals surface area (Å²) in [5.41, 5.74) is 3.72. The number of aromatic nitrogens is 2. The van der Waals surface area contributed by atoms with E-state index >= 15 is 0 Å². The molecule has 2 aliphatic rings.